The second kappa shape index (κ2) is 29.9. The molecule has 0 radical (unpaired) electrons. The van der Waals surface area contributed by atoms with E-state index in [1.165, 1.54) is 37.5 Å². The summed E-state index contributed by atoms with van der Waals surface area (Å²) < 4.78 is 40.0. The highest BCUT2D eigenvalue weighted by Crippen LogP contribution is 2.36. The van der Waals surface area contributed by atoms with Gasteiger partial charge in [0.25, 0.3) is 6.43 Å². The van der Waals surface area contributed by atoms with E-state index < -0.39 is 6.43 Å². The number of hydrogen-bond acceptors (Lipinski definition) is 5. The highest BCUT2D eigenvalue weighted by atomic mass is 19.3. The highest BCUT2D eigenvalue weighted by molar-refractivity contribution is 5.58. The number of benzene rings is 2. The monoisotopic (exact) mass is 540 g/mol. The Morgan fingerprint density at radius 1 is 0.763 bits per heavy atom. The van der Waals surface area contributed by atoms with E-state index in [0.29, 0.717) is 5.69 Å². The van der Waals surface area contributed by atoms with Gasteiger partial charge in [-0.2, -0.15) is 0 Å². The molecular formula is C30H47F3N2O3. The number of carbonyl (C=O) groups excluding carboxylic acids is 3. The Morgan fingerprint density at radius 3 is 1.55 bits per heavy atom. The van der Waals surface area contributed by atoms with Crippen LogP contribution in [0.2, 0.25) is 0 Å². The second-order valence-corrected chi connectivity index (χ2v) is 7.83. The van der Waals surface area contributed by atoms with Crippen molar-refractivity contribution in [2.75, 3.05) is 18.0 Å². The predicted octanol–water partition coefficient (Wildman–Crippen LogP) is 8.45. The molecule has 0 spiro atoms. The van der Waals surface area contributed by atoms with E-state index in [1.54, 1.807) is 18.2 Å². The number of piperidine rings is 1. The number of nitrogens with one attached hydrogen (secondary N) is 1. The van der Waals surface area contributed by atoms with Gasteiger partial charge in [0.15, 0.2) is 0 Å². The van der Waals surface area contributed by atoms with Gasteiger partial charge >= 0.3 is 0 Å². The van der Waals surface area contributed by atoms with Gasteiger partial charge in [-0.05, 0) is 43.2 Å². The van der Waals surface area contributed by atoms with E-state index in [1.807, 2.05) is 33.4 Å². The number of para-hydroxylation sites is 1. The van der Waals surface area contributed by atoms with Gasteiger partial charge in [-0.25, -0.2) is 13.2 Å². The lowest BCUT2D eigenvalue weighted by atomic mass is 9.90. The van der Waals surface area contributed by atoms with Crippen LogP contribution < -0.4 is 4.90 Å². The van der Waals surface area contributed by atoms with Crippen LogP contribution in [-0.2, 0) is 14.4 Å². The van der Waals surface area contributed by atoms with Crippen LogP contribution >= 0.6 is 0 Å². The first-order valence-corrected chi connectivity index (χ1v) is 12.5. The van der Waals surface area contributed by atoms with Crippen molar-refractivity contribution < 1.29 is 27.6 Å². The fourth-order valence-electron chi connectivity index (χ4n) is 3.44. The fraction of sp³-hybridized carbons (Fsp3) is 0.467. The van der Waals surface area contributed by atoms with Crippen LogP contribution in [0.15, 0.2) is 42.5 Å². The van der Waals surface area contributed by atoms with Crippen LogP contribution in [0.5, 0.6) is 0 Å². The molecule has 1 aliphatic rings. The summed E-state index contributed by atoms with van der Waals surface area (Å²) in [6, 6.07) is 11.5. The summed E-state index contributed by atoms with van der Waals surface area (Å²) >= 11 is 0. The molecule has 2 aromatic carbocycles. The van der Waals surface area contributed by atoms with Gasteiger partial charge in [0.2, 0.25) is 0 Å². The van der Waals surface area contributed by atoms with E-state index in [2.05, 4.69) is 39.3 Å². The fourth-order valence-corrected chi connectivity index (χ4v) is 3.44. The van der Waals surface area contributed by atoms with E-state index in [9.17, 15) is 13.2 Å². The summed E-state index contributed by atoms with van der Waals surface area (Å²) in [5.74, 6) is -0.255. The molecule has 3 rings (SSSR count). The van der Waals surface area contributed by atoms with E-state index in [0.717, 1.165) is 37.1 Å². The van der Waals surface area contributed by atoms with Gasteiger partial charge in [-0.15, -0.1) is 0 Å². The number of hydrogen-bond donors (Lipinski definition) is 1. The lowest BCUT2D eigenvalue weighted by Gasteiger charge is -2.32. The first-order valence-electron chi connectivity index (χ1n) is 12.5. The molecule has 1 heterocycles. The number of rotatable bonds is 4. The lowest BCUT2D eigenvalue weighted by molar-refractivity contribution is -0.0987. The largest absolute Gasteiger partial charge is 0.369 e. The quantitative estimate of drug-likeness (QED) is 0.395. The van der Waals surface area contributed by atoms with Crippen LogP contribution in [0.1, 0.15) is 95.8 Å². The molecule has 0 amide bonds. The minimum atomic E-state index is -2.47. The molecule has 1 fully saturated rings. The molecule has 8 heteroatoms. The highest BCUT2D eigenvalue weighted by Gasteiger charge is 2.22. The van der Waals surface area contributed by atoms with Crippen LogP contribution in [-0.4, -0.2) is 40.2 Å². The van der Waals surface area contributed by atoms with Gasteiger partial charge in [-0.1, -0.05) is 83.9 Å². The molecule has 1 aliphatic heterocycles. The Labute approximate surface area is 228 Å². The van der Waals surface area contributed by atoms with Gasteiger partial charge in [0, 0.05) is 24.6 Å². The second-order valence-electron chi connectivity index (χ2n) is 7.83. The molecule has 0 aliphatic carbocycles. The predicted molar refractivity (Wildman–Crippen MR) is 155 cm³/mol. The van der Waals surface area contributed by atoms with E-state index >= 15 is 0 Å². The molecule has 2 aromatic rings. The van der Waals surface area contributed by atoms with Gasteiger partial charge < -0.3 is 24.7 Å². The topological polar surface area (TPSA) is 78.3 Å². The van der Waals surface area contributed by atoms with Gasteiger partial charge in [-0.3, -0.25) is 0 Å². The number of halogens is 3. The molecule has 5 nitrogen and oxygen atoms in total. The Bertz CT molecular complexity index is 777. The van der Waals surface area contributed by atoms with Crippen molar-refractivity contribution in [1.29, 1.82) is 5.41 Å². The first kappa shape index (κ1) is 41.8. The van der Waals surface area contributed by atoms with E-state index in [4.69, 9.17) is 19.8 Å². The maximum absolute atomic E-state index is 14.5. The molecular weight excluding hydrogens is 493 g/mol. The summed E-state index contributed by atoms with van der Waals surface area (Å²) in [7, 11) is 0. The zero-order valence-corrected chi connectivity index (χ0v) is 23.8. The van der Waals surface area contributed by atoms with Crippen molar-refractivity contribution in [3.05, 3.63) is 65.0 Å². The van der Waals surface area contributed by atoms with Crippen LogP contribution in [0.4, 0.5) is 18.9 Å². The van der Waals surface area contributed by atoms with Crippen LogP contribution in [0.3, 0.4) is 0 Å². The molecule has 1 saturated heterocycles. The maximum Gasteiger partial charge on any atom is 0.263 e. The Morgan fingerprint density at radius 2 is 1.16 bits per heavy atom. The number of nitrogens with zero attached hydrogens (tertiary/aromatic N) is 1. The normalized spacial score (nSPS) is 11.8. The summed E-state index contributed by atoms with van der Waals surface area (Å²) in [4.78, 5) is 26.1. The third-order valence-electron chi connectivity index (χ3n) is 4.85. The van der Waals surface area contributed by atoms with Crippen molar-refractivity contribution in [3.8, 4) is 0 Å². The summed E-state index contributed by atoms with van der Waals surface area (Å²) in [6.45, 7) is 20.7. The third-order valence-corrected chi connectivity index (χ3v) is 4.85. The molecule has 216 valence electrons. The number of carbonyl (C=O) groups is 3. The van der Waals surface area contributed by atoms with Crippen LogP contribution in [0, 0.1) is 11.2 Å². The minimum Gasteiger partial charge on any atom is -0.369 e. The first-order chi connectivity index (χ1) is 18.4. The zero-order valence-electron chi connectivity index (χ0n) is 23.8. The summed E-state index contributed by atoms with van der Waals surface area (Å²) in [5, 5.41) is 5.50. The van der Waals surface area contributed by atoms with Crippen LogP contribution in [0.25, 0.3) is 0 Å². The average Bonchev–Trinajstić information content (AvgIpc) is 2.98. The molecule has 1 N–H and O–H groups in total. The molecule has 0 saturated carbocycles. The summed E-state index contributed by atoms with van der Waals surface area (Å²) in [6.07, 6.45) is 3.37. The Kier molecular flexibility index (Phi) is 32.9. The molecule has 38 heavy (non-hydrogen) atoms. The Balaban J connectivity index is -0.000000354. The Hall–Kier alpha value is -3.29. The van der Waals surface area contributed by atoms with Crippen molar-refractivity contribution in [1.82, 2.24) is 0 Å². The molecule has 1 atom stereocenters. The van der Waals surface area contributed by atoms with Gasteiger partial charge in [0.05, 0.1) is 5.69 Å². The third kappa shape index (κ3) is 16.5. The number of alkyl halides is 2. The zero-order chi connectivity index (χ0) is 30.5. The standard InChI is InChI=1S/C20H22F3N.2C3H8.CH3N.3CH2O/c1-14(15-8-10-16(11-9-15)20(22)23)17-6-5-7-18(21)19(17)24-12-3-2-4-13-24;2*1-3-2;4*1-2/h5-11,14,20H,2-4,12-13H2,1H3;2*3H2,1-2H3;2H,1H2;3*1H2. The SMILES string of the molecule is C=N.C=O.C=O.C=O.CC(c1ccc(C(F)F)cc1)c1cccc(F)c1N1CCCCC1.CCC.CCC. The minimum absolute atomic E-state index is 0.0152. The molecule has 0 aromatic heterocycles. The van der Waals surface area contributed by atoms with Crippen molar-refractivity contribution in [2.45, 2.75) is 79.1 Å². The smallest absolute Gasteiger partial charge is 0.263 e. The molecule has 1 unspecified atom stereocenters. The average molecular weight is 541 g/mol. The van der Waals surface area contributed by atoms with E-state index in [-0.39, 0.29) is 17.3 Å². The van der Waals surface area contributed by atoms with Crippen molar-refractivity contribution in [3.63, 3.8) is 0 Å². The lowest BCUT2D eigenvalue weighted by Crippen LogP contribution is -2.31. The number of anilines is 1. The van der Waals surface area contributed by atoms with Crippen molar-refractivity contribution >= 4 is 32.8 Å². The maximum atomic E-state index is 14.5. The summed E-state index contributed by atoms with van der Waals surface area (Å²) in [5.41, 5.74) is 2.52. The van der Waals surface area contributed by atoms with Gasteiger partial charge in [0.1, 0.15) is 26.2 Å². The van der Waals surface area contributed by atoms with Crippen molar-refractivity contribution in [2.24, 2.45) is 0 Å². The molecule has 0 bridgehead atoms.